The van der Waals surface area contributed by atoms with Crippen molar-refractivity contribution in [2.45, 2.75) is 6.42 Å². The Morgan fingerprint density at radius 3 is 3.09 bits per heavy atom. The second kappa shape index (κ2) is 2.42. The van der Waals surface area contributed by atoms with E-state index in [-0.39, 0.29) is 0 Å². The van der Waals surface area contributed by atoms with Crippen LogP contribution >= 0.6 is 0 Å². The Labute approximate surface area is 67.0 Å². The van der Waals surface area contributed by atoms with Gasteiger partial charge in [0, 0.05) is 0 Å². The van der Waals surface area contributed by atoms with E-state index in [1.807, 2.05) is 4.58 Å². The van der Waals surface area contributed by atoms with Crippen molar-refractivity contribution in [2.24, 2.45) is 0 Å². The molecular formula is C10H11N. The highest BCUT2D eigenvalue weighted by atomic mass is 15.0. The van der Waals surface area contributed by atoms with Crippen molar-refractivity contribution >= 4 is 6.72 Å². The second-order valence-electron chi connectivity index (χ2n) is 2.89. The molecule has 0 spiro atoms. The minimum atomic E-state index is 1.04. The van der Waals surface area contributed by atoms with Crippen molar-refractivity contribution in [1.29, 1.82) is 0 Å². The Morgan fingerprint density at radius 2 is 2.18 bits per heavy atom. The summed E-state index contributed by atoms with van der Waals surface area (Å²) in [6.07, 6.45) is 1.12. The van der Waals surface area contributed by atoms with Crippen LogP contribution in [0, 0.1) is 6.54 Å². The Hall–Kier alpha value is -1.24. The Kier molecular flexibility index (Phi) is 1.42. The van der Waals surface area contributed by atoms with Crippen molar-refractivity contribution < 1.29 is 4.58 Å². The molecular weight excluding hydrogens is 134 g/mol. The van der Waals surface area contributed by atoms with E-state index in [1.165, 1.54) is 11.1 Å². The van der Waals surface area contributed by atoms with Crippen LogP contribution < -0.4 is 0 Å². The molecule has 1 heterocycles. The van der Waals surface area contributed by atoms with Crippen LogP contribution in [-0.4, -0.2) is 17.8 Å². The third-order valence-electron chi connectivity index (χ3n) is 2.05. The first-order chi connectivity index (χ1) is 5.36. The number of rotatable bonds is 0. The van der Waals surface area contributed by atoms with Gasteiger partial charge in [-0.3, -0.25) is 4.58 Å². The zero-order chi connectivity index (χ0) is 7.68. The van der Waals surface area contributed by atoms with Crippen LogP contribution in [0.1, 0.15) is 11.1 Å². The van der Waals surface area contributed by atoms with Crippen LogP contribution in [0.2, 0.25) is 0 Å². The van der Waals surface area contributed by atoms with Gasteiger partial charge in [0.1, 0.15) is 6.54 Å². The third-order valence-corrected chi connectivity index (χ3v) is 2.05. The van der Waals surface area contributed by atoms with Crippen molar-refractivity contribution in [3.63, 3.8) is 0 Å². The summed E-state index contributed by atoms with van der Waals surface area (Å²) >= 11 is 0. The summed E-state index contributed by atoms with van der Waals surface area (Å²) in [5.41, 5.74) is 2.75. The highest BCUT2D eigenvalue weighted by molar-refractivity contribution is 5.33. The van der Waals surface area contributed by atoms with Crippen LogP contribution in [0.15, 0.2) is 24.3 Å². The Morgan fingerprint density at radius 1 is 1.36 bits per heavy atom. The molecule has 0 aromatic heterocycles. The zero-order valence-corrected chi connectivity index (χ0v) is 6.46. The number of fused-ring (bicyclic) bond motifs is 1. The average Bonchev–Trinajstić information content (AvgIpc) is 2.04. The van der Waals surface area contributed by atoms with Crippen LogP contribution in [0.5, 0.6) is 0 Å². The minimum Gasteiger partial charge on any atom is -0.291 e. The van der Waals surface area contributed by atoms with Gasteiger partial charge in [-0.1, -0.05) is 11.6 Å². The standard InChI is InChI=1S/C10H11N/c1-11-7-6-9-4-2-3-5-10(9)8-11/h2-5,8H,1,6-7H2. The highest BCUT2D eigenvalue weighted by Gasteiger charge is 2.07. The van der Waals surface area contributed by atoms with E-state index < -0.39 is 0 Å². The van der Waals surface area contributed by atoms with Crippen LogP contribution in [0.3, 0.4) is 0 Å². The second-order valence-corrected chi connectivity index (χ2v) is 2.89. The van der Waals surface area contributed by atoms with Gasteiger partial charge in [-0.05, 0) is 6.42 Å². The predicted molar refractivity (Wildman–Crippen MR) is 45.8 cm³/mol. The molecule has 0 atom stereocenters. The molecule has 1 nitrogen and oxygen atoms in total. The maximum absolute atomic E-state index is 3.87. The van der Waals surface area contributed by atoms with Gasteiger partial charge in [0.05, 0.1) is 13.3 Å². The van der Waals surface area contributed by atoms with Gasteiger partial charge in [0.15, 0.2) is 0 Å². The Bertz CT molecular complexity index is 289. The molecule has 56 valence electrons. The van der Waals surface area contributed by atoms with Crippen molar-refractivity contribution in [2.75, 3.05) is 6.54 Å². The molecule has 0 N–H and O–H groups in total. The molecule has 0 radical (unpaired) electrons. The average molecular weight is 145 g/mol. The summed E-state index contributed by atoms with van der Waals surface area (Å²) in [5.74, 6) is 0. The van der Waals surface area contributed by atoms with E-state index in [1.54, 1.807) is 0 Å². The van der Waals surface area contributed by atoms with Gasteiger partial charge in [0.25, 0.3) is 0 Å². The largest absolute Gasteiger partial charge is 0.291 e. The molecule has 1 aliphatic rings. The molecule has 0 aliphatic carbocycles. The molecule has 1 heteroatoms. The lowest BCUT2D eigenvalue weighted by Crippen LogP contribution is -2.18. The quantitative estimate of drug-likeness (QED) is 0.384. The monoisotopic (exact) mass is 145 g/mol. The molecule has 11 heavy (non-hydrogen) atoms. The molecule has 0 amide bonds. The normalized spacial score (nSPS) is 15.5. The molecule has 1 aromatic carbocycles. The fourth-order valence-electron chi connectivity index (χ4n) is 1.41. The summed E-state index contributed by atoms with van der Waals surface area (Å²) in [7, 11) is 0. The first-order valence-corrected chi connectivity index (χ1v) is 3.86. The lowest BCUT2D eigenvalue weighted by molar-refractivity contribution is -0.475. The summed E-state index contributed by atoms with van der Waals surface area (Å²) < 4.78 is 1.99. The summed E-state index contributed by atoms with van der Waals surface area (Å²) in [6.45, 7) is 7.01. The highest BCUT2D eigenvalue weighted by Crippen LogP contribution is 2.16. The van der Waals surface area contributed by atoms with Crippen molar-refractivity contribution in [3.05, 3.63) is 41.9 Å². The first kappa shape index (κ1) is 6.47. The lowest BCUT2D eigenvalue weighted by Gasteiger charge is -2.19. The fourth-order valence-corrected chi connectivity index (χ4v) is 1.41. The number of benzene rings is 1. The SMILES string of the molecule is C=[N+]1[CH-]c2ccccc2CC1. The smallest absolute Gasteiger partial charge is 0.126 e. The molecule has 2 rings (SSSR count). The minimum absolute atomic E-state index is 1.04. The molecule has 0 saturated carbocycles. The topological polar surface area (TPSA) is 3.01 Å². The van der Waals surface area contributed by atoms with Crippen LogP contribution in [0.4, 0.5) is 0 Å². The zero-order valence-electron chi connectivity index (χ0n) is 6.46. The summed E-state index contributed by atoms with van der Waals surface area (Å²) in [4.78, 5) is 0. The number of hydrogen-bond donors (Lipinski definition) is 0. The van der Waals surface area contributed by atoms with Gasteiger partial charge in [-0.2, -0.15) is 0 Å². The van der Waals surface area contributed by atoms with E-state index in [9.17, 15) is 0 Å². The lowest BCUT2D eigenvalue weighted by atomic mass is 10.0. The predicted octanol–water partition coefficient (Wildman–Crippen LogP) is 1.47. The van der Waals surface area contributed by atoms with Crippen molar-refractivity contribution in [1.82, 2.24) is 0 Å². The van der Waals surface area contributed by atoms with Gasteiger partial charge in [0.2, 0.25) is 0 Å². The van der Waals surface area contributed by atoms with Gasteiger partial charge < -0.3 is 0 Å². The molecule has 1 aromatic rings. The van der Waals surface area contributed by atoms with E-state index in [0.717, 1.165) is 13.0 Å². The maximum atomic E-state index is 3.87. The summed E-state index contributed by atoms with van der Waals surface area (Å²) in [6, 6.07) is 8.46. The fraction of sp³-hybridized carbons (Fsp3) is 0.200. The van der Waals surface area contributed by atoms with E-state index in [4.69, 9.17) is 0 Å². The molecule has 0 fully saturated rings. The number of hydrogen-bond acceptors (Lipinski definition) is 0. The summed E-state index contributed by atoms with van der Waals surface area (Å²) in [5, 5.41) is 0. The maximum Gasteiger partial charge on any atom is 0.126 e. The van der Waals surface area contributed by atoms with Gasteiger partial charge >= 0.3 is 0 Å². The van der Waals surface area contributed by atoms with Gasteiger partial charge in [-0.25, -0.2) is 0 Å². The first-order valence-electron chi connectivity index (χ1n) is 3.86. The van der Waals surface area contributed by atoms with E-state index >= 15 is 0 Å². The van der Waals surface area contributed by atoms with Gasteiger partial charge in [-0.15, -0.1) is 23.8 Å². The molecule has 0 bridgehead atoms. The molecule has 0 saturated heterocycles. The van der Waals surface area contributed by atoms with E-state index in [2.05, 4.69) is 37.5 Å². The van der Waals surface area contributed by atoms with Crippen LogP contribution in [-0.2, 0) is 6.42 Å². The van der Waals surface area contributed by atoms with Crippen molar-refractivity contribution in [3.8, 4) is 0 Å². The molecule has 0 unspecified atom stereocenters. The van der Waals surface area contributed by atoms with E-state index in [0.29, 0.717) is 0 Å². The third kappa shape index (κ3) is 1.14. The molecule has 1 aliphatic heterocycles. The Balaban J connectivity index is 2.41. The number of nitrogens with zero attached hydrogens (tertiary/aromatic N) is 1. The van der Waals surface area contributed by atoms with Crippen LogP contribution in [0.25, 0.3) is 0 Å².